The molecular weight excluding hydrogens is 705 g/mol. The van der Waals surface area contributed by atoms with Crippen LogP contribution in [-0.4, -0.2) is 33.6 Å². The summed E-state index contributed by atoms with van der Waals surface area (Å²) in [6.07, 6.45) is 0. The number of rotatable bonds is 9. The lowest BCUT2D eigenvalue weighted by Gasteiger charge is -2.29. The molecule has 4 rings (SSSR count). The highest BCUT2D eigenvalue weighted by molar-refractivity contribution is 7.80. The second-order valence-electron chi connectivity index (χ2n) is 20.2. The fourth-order valence-electron chi connectivity index (χ4n) is 5.90. The summed E-state index contributed by atoms with van der Waals surface area (Å²) < 4.78 is 39.1. The monoisotopic (exact) mass is 770 g/mol. The average molecular weight is 771 g/mol. The topological polar surface area (TPSA) is 55.4 Å². The molecule has 0 N–H and O–H groups in total. The van der Waals surface area contributed by atoms with E-state index >= 15 is 0 Å². The Bertz CT molecular complexity index is 1970. The molecule has 0 aliphatic rings. The van der Waals surface area contributed by atoms with Crippen LogP contribution in [0, 0.1) is 0 Å². The molecule has 0 heterocycles. The van der Waals surface area contributed by atoms with Crippen LogP contribution in [0.1, 0.15) is 125 Å². The van der Waals surface area contributed by atoms with Crippen molar-refractivity contribution in [2.24, 2.45) is 0 Å². The van der Waals surface area contributed by atoms with Crippen LogP contribution in [0.4, 0.5) is 0 Å². The van der Waals surface area contributed by atoms with Gasteiger partial charge in [0.15, 0.2) is 34.5 Å². The molecule has 0 aliphatic carbocycles. The Morgan fingerprint density at radius 2 is 0.582 bits per heavy atom. The quantitative estimate of drug-likeness (QED) is 0.171. The van der Waals surface area contributed by atoms with E-state index < -0.39 is 33.6 Å². The molecule has 0 bridgehead atoms. The minimum Gasteiger partial charge on any atom is -0.484 e. The van der Waals surface area contributed by atoms with Crippen molar-refractivity contribution in [3.05, 3.63) is 66.7 Å². The molecule has 0 amide bonds. The summed E-state index contributed by atoms with van der Waals surface area (Å²) in [5, 5.41) is 0. The van der Waals surface area contributed by atoms with Gasteiger partial charge in [-0.25, -0.2) is 0 Å². The van der Waals surface area contributed by atoms with E-state index in [2.05, 4.69) is 48.5 Å². The lowest BCUT2D eigenvalue weighted by Crippen LogP contribution is -2.26. The molecule has 7 heteroatoms. The molecule has 4 aromatic carbocycles. The summed E-state index contributed by atoms with van der Waals surface area (Å²) in [6.45, 7) is 36.7. The summed E-state index contributed by atoms with van der Waals surface area (Å²) in [5.74, 6) is 3.99. The molecule has 0 fully saturated rings. The molecule has 0 saturated carbocycles. The van der Waals surface area contributed by atoms with Crippen molar-refractivity contribution in [2.45, 2.75) is 163 Å². The van der Waals surface area contributed by atoms with Crippen LogP contribution in [0.25, 0.3) is 33.4 Å². The first kappa shape index (κ1) is 43.8. The SMILES string of the molecule is CC(C)(C)Oc1ccc(-c2ccc(S)c(-c3ccc(OC(C)(C)C)c(OC(C)(C)C)c3)c2-c2ccc(OC(C)(C)C)c(OC(C)(C)C)c2)cc1OC(C)(C)C. The highest BCUT2D eigenvalue weighted by Crippen LogP contribution is 2.49. The van der Waals surface area contributed by atoms with Gasteiger partial charge in [0.2, 0.25) is 0 Å². The molecule has 0 unspecified atom stereocenters. The van der Waals surface area contributed by atoms with E-state index in [1.165, 1.54) is 0 Å². The molecule has 0 radical (unpaired) electrons. The minimum atomic E-state index is -0.476. The second kappa shape index (κ2) is 15.5. The van der Waals surface area contributed by atoms with Crippen molar-refractivity contribution in [3.63, 3.8) is 0 Å². The third-order valence-corrected chi connectivity index (χ3v) is 7.77. The molecule has 0 aromatic heterocycles. The van der Waals surface area contributed by atoms with Gasteiger partial charge >= 0.3 is 0 Å². The maximum absolute atomic E-state index is 6.62. The first-order valence-corrected chi connectivity index (χ1v) is 19.7. The molecule has 0 atom stereocenters. The first-order valence-electron chi connectivity index (χ1n) is 19.3. The molecule has 55 heavy (non-hydrogen) atoms. The summed E-state index contributed by atoms with van der Waals surface area (Å²) >= 11 is 5.14. The Balaban J connectivity index is 2.13. The van der Waals surface area contributed by atoms with Gasteiger partial charge in [0.25, 0.3) is 0 Å². The van der Waals surface area contributed by atoms with E-state index in [-0.39, 0.29) is 0 Å². The second-order valence-corrected chi connectivity index (χ2v) is 20.6. The Kier molecular flexibility index (Phi) is 12.3. The summed E-state index contributed by atoms with van der Waals surface area (Å²) in [5.41, 5.74) is 3.02. The third kappa shape index (κ3) is 13.1. The molecule has 300 valence electrons. The molecular formula is C48H66O6S. The maximum atomic E-state index is 6.62. The molecule has 6 nitrogen and oxygen atoms in total. The lowest BCUT2D eigenvalue weighted by molar-refractivity contribution is 0.0958. The van der Waals surface area contributed by atoms with Gasteiger partial charge in [-0.3, -0.25) is 0 Å². The van der Waals surface area contributed by atoms with Gasteiger partial charge in [0, 0.05) is 10.5 Å². The predicted molar refractivity (Wildman–Crippen MR) is 232 cm³/mol. The van der Waals surface area contributed by atoms with E-state index in [9.17, 15) is 0 Å². The van der Waals surface area contributed by atoms with Crippen LogP contribution in [0.5, 0.6) is 34.5 Å². The van der Waals surface area contributed by atoms with Crippen molar-refractivity contribution in [2.75, 3.05) is 0 Å². The number of benzene rings is 4. The smallest absolute Gasteiger partial charge is 0.162 e. The van der Waals surface area contributed by atoms with Crippen LogP contribution in [0.3, 0.4) is 0 Å². The first-order chi connectivity index (χ1) is 24.9. The molecule has 0 saturated heterocycles. The highest BCUT2D eigenvalue weighted by atomic mass is 32.1. The van der Waals surface area contributed by atoms with Gasteiger partial charge in [-0.1, -0.05) is 24.3 Å². The Morgan fingerprint density at radius 1 is 0.309 bits per heavy atom. The van der Waals surface area contributed by atoms with E-state index in [1.807, 2.05) is 143 Å². The van der Waals surface area contributed by atoms with E-state index in [0.717, 1.165) is 38.3 Å². The van der Waals surface area contributed by atoms with Crippen LogP contribution < -0.4 is 28.4 Å². The largest absolute Gasteiger partial charge is 0.484 e. The Hall–Kier alpha value is -3.97. The van der Waals surface area contributed by atoms with Gasteiger partial charge in [-0.15, -0.1) is 12.6 Å². The van der Waals surface area contributed by atoms with Crippen molar-refractivity contribution in [3.8, 4) is 67.9 Å². The van der Waals surface area contributed by atoms with Gasteiger partial charge in [0.1, 0.15) is 33.6 Å². The van der Waals surface area contributed by atoms with Crippen molar-refractivity contribution >= 4 is 12.6 Å². The molecule has 4 aromatic rings. The average Bonchev–Trinajstić information content (AvgIpc) is 2.95. The van der Waals surface area contributed by atoms with Crippen LogP contribution >= 0.6 is 12.6 Å². The Morgan fingerprint density at radius 3 is 0.909 bits per heavy atom. The maximum Gasteiger partial charge on any atom is 0.162 e. The normalized spacial score (nSPS) is 13.0. The standard InChI is InChI=1S/C48H66O6S/c1-43(2,3)49-34-23-19-30(27-37(34)52-46(10,11)12)33-22-26-40(55)42(32-21-25-36(51-45(7,8)9)39(29-32)54-48(16,17)18)41(33)31-20-24-35(50-44(4,5)6)38(28-31)53-47(13,14)15/h19-29,55H,1-18H3. The van der Waals surface area contributed by atoms with Crippen molar-refractivity contribution in [1.82, 2.24) is 0 Å². The van der Waals surface area contributed by atoms with Crippen molar-refractivity contribution < 1.29 is 28.4 Å². The number of hydrogen-bond acceptors (Lipinski definition) is 7. The van der Waals surface area contributed by atoms with Crippen LogP contribution in [-0.2, 0) is 0 Å². The number of thiol groups is 1. The van der Waals surface area contributed by atoms with E-state index in [1.54, 1.807) is 0 Å². The summed E-state index contributed by atoms with van der Waals surface area (Å²) in [6, 6.07) is 22.7. The van der Waals surface area contributed by atoms with Crippen molar-refractivity contribution in [1.29, 1.82) is 0 Å². The van der Waals surface area contributed by atoms with Crippen LogP contribution in [0.15, 0.2) is 71.6 Å². The number of ether oxygens (including phenoxy) is 6. The predicted octanol–water partition coefficient (Wildman–Crippen LogP) is 14.0. The lowest BCUT2D eigenvalue weighted by atomic mass is 9.87. The fourth-order valence-corrected chi connectivity index (χ4v) is 6.21. The minimum absolute atomic E-state index is 0.417. The summed E-state index contributed by atoms with van der Waals surface area (Å²) in [4.78, 5) is 0.803. The zero-order valence-electron chi connectivity index (χ0n) is 36.7. The van der Waals surface area contributed by atoms with E-state index in [0.29, 0.717) is 34.5 Å². The van der Waals surface area contributed by atoms with Gasteiger partial charge in [0.05, 0.1) is 0 Å². The van der Waals surface area contributed by atoms with Gasteiger partial charge in [-0.05, 0) is 195 Å². The number of hydrogen-bond donors (Lipinski definition) is 1. The molecule has 0 aliphatic heterocycles. The zero-order chi connectivity index (χ0) is 41.5. The molecule has 0 spiro atoms. The highest BCUT2D eigenvalue weighted by Gasteiger charge is 2.27. The third-order valence-electron chi connectivity index (χ3n) is 7.40. The van der Waals surface area contributed by atoms with Gasteiger partial charge in [-0.2, -0.15) is 0 Å². The van der Waals surface area contributed by atoms with E-state index in [4.69, 9.17) is 41.0 Å². The fraction of sp³-hybridized carbons (Fsp3) is 0.500. The van der Waals surface area contributed by atoms with Crippen LogP contribution in [0.2, 0.25) is 0 Å². The summed E-state index contributed by atoms with van der Waals surface area (Å²) in [7, 11) is 0. The zero-order valence-corrected chi connectivity index (χ0v) is 37.6. The van der Waals surface area contributed by atoms with Gasteiger partial charge < -0.3 is 28.4 Å². The Labute approximate surface area is 337 Å².